The Kier molecular flexibility index (Phi) is 11.8. The summed E-state index contributed by atoms with van der Waals surface area (Å²) in [7, 11) is 0. The zero-order chi connectivity index (χ0) is 28.4. The number of rotatable bonds is 12. The highest BCUT2D eigenvalue weighted by Crippen LogP contribution is 2.46. The molecule has 3 aliphatic rings. The zero-order valence-corrected chi connectivity index (χ0v) is 26.5. The molecular weight excluding hydrogens is 499 g/mol. The van der Waals surface area contributed by atoms with Crippen molar-refractivity contribution in [3.8, 4) is 0 Å². The van der Waals surface area contributed by atoms with Gasteiger partial charge in [-0.1, -0.05) is 88.8 Å². The maximum Gasteiger partial charge on any atom is 0.126 e. The number of benzene rings is 2. The van der Waals surface area contributed by atoms with E-state index in [9.17, 15) is 0 Å². The van der Waals surface area contributed by atoms with Crippen LogP contribution in [0.5, 0.6) is 0 Å². The van der Waals surface area contributed by atoms with Crippen LogP contribution in [-0.2, 0) is 6.42 Å². The maximum atomic E-state index is 15.4. The van der Waals surface area contributed by atoms with E-state index in [0.29, 0.717) is 11.8 Å². The van der Waals surface area contributed by atoms with Gasteiger partial charge in [-0.25, -0.2) is 4.39 Å². The molecule has 0 spiro atoms. The van der Waals surface area contributed by atoms with Crippen LogP contribution in [0.2, 0.25) is 0 Å². The first-order valence-corrected chi connectivity index (χ1v) is 18.0. The Morgan fingerprint density at radius 3 is 1.71 bits per heavy atom. The molecule has 41 heavy (non-hydrogen) atoms. The van der Waals surface area contributed by atoms with Crippen molar-refractivity contribution in [2.24, 2.45) is 17.8 Å². The molecule has 0 nitrogen and oxygen atoms in total. The molecule has 0 radical (unpaired) electrons. The fourth-order valence-corrected chi connectivity index (χ4v) is 8.96. The maximum absolute atomic E-state index is 15.4. The molecule has 0 bridgehead atoms. The third kappa shape index (κ3) is 8.48. The second kappa shape index (κ2) is 15.7. The molecule has 0 N–H and O–H groups in total. The summed E-state index contributed by atoms with van der Waals surface area (Å²) in [5, 5.41) is 0. The molecule has 2 aromatic rings. The summed E-state index contributed by atoms with van der Waals surface area (Å²) in [6.45, 7) is 4.57. The SMILES string of the molecule is CCCCCc1ccc(C2CCC(C3CCC(c4ccc(C5CCC(CCCCC)CC5)cc4F)CC3)CC2)cc1. The highest BCUT2D eigenvalue weighted by molar-refractivity contribution is 5.30. The minimum Gasteiger partial charge on any atom is -0.207 e. The minimum absolute atomic E-state index is 0.0907. The minimum atomic E-state index is 0.0907. The Bertz CT molecular complexity index is 1010. The molecule has 3 fully saturated rings. The summed E-state index contributed by atoms with van der Waals surface area (Å²) in [6.07, 6.45) is 26.4. The molecule has 3 aliphatic carbocycles. The van der Waals surface area contributed by atoms with E-state index in [-0.39, 0.29) is 5.82 Å². The van der Waals surface area contributed by atoms with Crippen molar-refractivity contribution in [2.45, 2.75) is 160 Å². The molecule has 2 aromatic carbocycles. The van der Waals surface area contributed by atoms with E-state index in [1.54, 1.807) is 5.56 Å². The van der Waals surface area contributed by atoms with Gasteiger partial charge in [-0.3, -0.25) is 0 Å². The van der Waals surface area contributed by atoms with Crippen LogP contribution < -0.4 is 0 Å². The average molecular weight is 559 g/mol. The van der Waals surface area contributed by atoms with Gasteiger partial charge in [0.15, 0.2) is 0 Å². The van der Waals surface area contributed by atoms with E-state index in [2.05, 4.69) is 50.2 Å². The van der Waals surface area contributed by atoms with E-state index in [4.69, 9.17) is 0 Å². The van der Waals surface area contributed by atoms with E-state index in [1.165, 1.54) is 140 Å². The molecule has 0 aromatic heterocycles. The summed E-state index contributed by atoms with van der Waals surface area (Å²) in [4.78, 5) is 0. The van der Waals surface area contributed by atoms with Crippen molar-refractivity contribution in [1.82, 2.24) is 0 Å². The first-order valence-electron chi connectivity index (χ1n) is 18.0. The lowest BCUT2D eigenvalue weighted by molar-refractivity contribution is 0.176. The van der Waals surface area contributed by atoms with E-state index in [1.807, 2.05) is 6.07 Å². The van der Waals surface area contributed by atoms with Crippen LogP contribution in [0.15, 0.2) is 42.5 Å². The monoisotopic (exact) mass is 558 g/mol. The van der Waals surface area contributed by atoms with Gasteiger partial charge in [0.2, 0.25) is 0 Å². The average Bonchev–Trinajstić information content (AvgIpc) is 3.02. The number of unbranched alkanes of at least 4 members (excludes halogenated alkanes) is 4. The molecule has 0 saturated heterocycles. The van der Waals surface area contributed by atoms with Crippen LogP contribution in [0.1, 0.15) is 176 Å². The normalized spacial score (nSPS) is 29.0. The Morgan fingerprint density at radius 2 is 1.10 bits per heavy atom. The smallest absolute Gasteiger partial charge is 0.126 e. The highest BCUT2D eigenvalue weighted by Gasteiger charge is 2.32. The summed E-state index contributed by atoms with van der Waals surface area (Å²) < 4.78 is 15.4. The molecule has 226 valence electrons. The van der Waals surface area contributed by atoms with Crippen LogP contribution >= 0.6 is 0 Å². The van der Waals surface area contributed by atoms with Gasteiger partial charge in [0.1, 0.15) is 5.82 Å². The Morgan fingerprint density at radius 1 is 0.561 bits per heavy atom. The first kappa shape index (κ1) is 30.8. The number of hydrogen-bond donors (Lipinski definition) is 0. The third-order valence-corrected chi connectivity index (χ3v) is 11.7. The largest absolute Gasteiger partial charge is 0.207 e. The fraction of sp³-hybridized carbons (Fsp3) is 0.700. The predicted octanol–water partition coefficient (Wildman–Crippen LogP) is 12.7. The third-order valence-electron chi connectivity index (χ3n) is 11.7. The quantitative estimate of drug-likeness (QED) is 0.227. The molecular formula is C40H59F. The molecule has 3 saturated carbocycles. The van der Waals surface area contributed by atoms with Crippen molar-refractivity contribution in [3.05, 3.63) is 70.5 Å². The topological polar surface area (TPSA) is 0 Å². The van der Waals surface area contributed by atoms with Gasteiger partial charge in [0.05, 0.1) is 0 Å². The van der Waals surface area contributed by atoms with Gasteiger partial charge in [0.25, 0.3) is 0 Å². The summed E-state index contributed by atoms with van der Waals surface area (Å²) >= 11 is 0. The van der Waals surface area contributed by atoms with Gasteiger partial charge < -0.3 is 0 Å². The standard InChI is InChI=1S/C40H59F/c1-3-5-7-9-30-11-15-32(16-12-30)33-19-21-34(22-20-33)35-23-25-37(26-24-35)39-28-27-38(29-40(39)41)36-17-13-31(14-18-36)10-8-6-4-2/h11-12,15-16,27-29,31,33-37H,3-10,13-14,17-26H2,1-2H3. The number of aryl methyl sites for hydroxylation is 1. The molecule has 0 amide bonds. The second-order valence-electron chi connectivity index (χ2n) is 14.4. The lowest BCUT2D eigenvalue weighted by Gasteiger charge is -2.38. The van der Waals surface area contributed by atoms with Crippen molar-refractivity contribution in [3.63, 3.8) is 0 Å². The first-order chi connectivity index (χ1) is 20.1. The molecule has 0 unspecified atom stereocenters. The lowest BCUT2D eigenvalue weighted by atomic mass is 9.67. The zero-order valence-electron chi connectivity index (χ0n) is 26.5. The van der Waals surface area contributed by atoms with Crippen LogP contribution in [-0.4, -0.2) is 0 Å². The van der Waals surface area contributed by atoms with E-state index >= 15 is 4.39 Å². The Hall–Kier alpha value is -1.63. The van der Waals surface area contributed by atoms with Crippen LogP contribution in [0.3, 0.4) is 0 Å². The van der Waals surface area contributed by atoms with Gasteiger partial charge >= 0.3 is 0 Å². The van der Waals surface area contributed by atoms with Gasteiger partial charge in [-0.15, -0.1) is 0 Å². The van der Waals surface area contributed by atoms with Crippen molar-refractivity contribution in [2.75, 3.05) is 0 Å². The molecule has 1 heteroatoms. The second-order valence-corrected chi connectivity index (χ2v) is 14.4. The molecule has 5 rings (SSSR count). The van der Waals surface area contributed by atoms with Crippen molar-refractivity contribution >= 4 is 0 Å². The molecule has 0 heterocycles. The Balaban J connectivity index is 1.05. The molecule has 0 aliphatic heterocycles. The fourth-order valence-electron chi connectivity index (χ4n) is 8.96. The summed E-state index contributed by atoms with van der Waals surface area (Å²) in [5.41, 5.74) is 5.38. The van der Waals surface area contributed by atoms with Crippen molar-refractivity contribution < 1.29 is 4.39 Å². The van der Waals surface area contributed by atoms with Crippen LogP contribution in [0.4, 0.5) is 4.39 Å². The summed E-state index contributed by atoms with van der Waals surface area (Å²) in [6, 6.07) is 16.1. The van der Waals surface area contributed by atoms with E-state index in [0.717, 1.165) is 29.2 Å². The van der Waals surface area contributed by atoms with Crippen LogP contribution in [0.25, 0.3) is 0 Å². The van der Waals surface area contributed by atoms with Gasteiger partial charge in [0, 0.05) is 0 Å². The van der Waals surface area contributed by atoms with Crippen molar-refractivity contribution in [1.29, 1.82) is 0 Å². The predicted molar refractivity (Wildman–Crippen MR) is 174 cm³/mol. The van der Waals surface area contributed by atoms with Crippen LogP contribution in [0, 0.1) is 23.6 Å². The number of halogens is 1. The lowest BCUT2D eigenvalue weighted by Crippen LogP contribution is -2.25. The van der Waals surface area contributed by atoms with E-state index < -0.39 is 0 Å². The van der Waals surface area contributed by atoms with Gasteiger partial charge in [-0.05, 0) is 154 Å². The summed E-state index contributed by atoms with van der Waals surface area (Å²) in [5.74, 6) is 4.54. The molecule has 0 atom stereocenters. The highest BCUT2D eigenvalue weighted by atomic mass is 19.1. The van der Waals surface area contributed by atoms with Gasteiger partial charge in [-0.2, -0.15) is 0 Å². The number of hydrogen-bond acceptors (Lipinski definition) is 0. The Labute approximate surface area is 252 Å².